The van der Waals surface area contributed by atoms with E-state index in [0.29, 0.717) is 17.3 Å². The highest BCUT2D eigenvalue weighted by atomic mass is 31.2. The lowest BCUT2D eigenvalue weighted by Gasteiger charge is -2.29. The molecule has 1 aliphatic heterocycles. The summed E-state index contributed by atoms with van der Waals surface area (Å²) in [6.07, 6.45) is 0.146. The Labute approximate surface area is 133 Å². The molecule has 0 aromatic heterocycles. The van der Waals surface area contributed by atoms with Crippen LogP contribution >= 0.6 is 7.37 Å². The van der Waals surface area contributed by atoms with E-state index in [9.17, 15) is 19.3 Å². The number of carboxylic acid groups (broad SMARTS) is 1. The van der Waals surface area contributed by atoms with Crippen molar-refractivity contribution >= 4 is 24.9 Å². The average molecular weight is 330 g/mol. The van der Waals surface area contributed by atoms with Gasteiger partial charge in [-0.3, -0.25) is 9.36 Å². The molecule has 2 aromatic rings. The lowest BCUT2D eigenvalue weighted by atomic mass is 10.0. The van der Waals surface area contributed by atoms with Crippen molar-refractivity contribution in [3.8, 4) is 16.9 Å². The molecule has 5 nitrogen and oxygen atoms in total. The summed E-state index contributed by atoms with van der Waals surface area (Å²) in [6, 6.07) is 14.4. The number of para-hydroxylation sites is 1. The summed E-state index contributed by atoms with van der Waals surface area (Å²) < 4.78 is 19.2. The Hall–Kier alpha value is -2.39. The number of aliphatic carboxylic acids is 1. The van der Waals surface area contributed by atoms with Crippen LogP contribution in [-0.2, 0) is 14.2 Å². The molecular weight excluding hydrogens is 315 g/mol. The summed E-state index contributed by atoms with van der Waals surface area (Å²) in [5.74, 6) is -1.70. The van der Waals surface area contributed by atoms with Gasteiger partial charge in [-0.15, -0.1) is 0 Å². The molecule has 1 N–H and O–H groups in total. The molecule has 0 aliphatic carbocycles. The molecule has 0 fully saturated rings. The van der Waals surface area contributed by atoms with Gasteiger partial charge in [0.1, 0.15) is 12.0 Å². The van der Waals surface area contributed by atoms with Crippen molar-refractivity contribution in [1.82, 2.24) is 0 Å². The minimum Gasteiger partial charge on any atom is -0.481 e. The van der Waals surface area contributed by atoms with Gasteiger partial charge in [0.15, 0.2) is 0 Å². The van der Waals surface area contributed by atoms with Crippen LogP contribution in [0.2, 0.25) is 0 Å². The first kappa shape index (κ1) is 15.5. The van der Waals surface area contributed by atoms with Crippen LogP contribution in [0.3, 0.4) is 0 Å². The largest absolute Gasteiger partial charge is 0.481 e. The molecule has 2 aromatic carbocycles. The van der Waals surface area contributed by atoms with E-state index >= 15 is 0 Å². The van der Waals surface area contributed by atoms with E-state index in [1.807, 2.05) is 24.3 Å². The van der Waals surface area contributed by atoms with Gasteiger partial charge in [-0.25, -0.2) is 0 Å². The van der Waals surface area contributed by atoms with Gasteiger partial charge in [0.05, 0.1) is 17.4 Å². The van der Waals surface area contributed by atoms with Crippen LogP contribution in [0.25, 0.3) is 11.1 Å². The van der Waals surface area contributed by atoms with Crippen molar-refractivity contribution in [2.24, 2.45) is 5.92 Å². The van der Waals surface area contributed by atoms with Gasteiger partial charge in [0.25, 0.3) is 7.37 Å². The zero-order chi connectivity index (χ0) is 16.4. The number of carboxylic acids is 1. The highest BCUT2D eigenvalue weighted by Gasteiger charge is 2.39. The standard InChI is InChI=1S/C17H15O5P/c18-10-9-12(17(19)20)11-23(21)16-8-4-2-6-14(16)13-5-1-3-7-15(13)22-23/h1-8,10,12H,9,11H2,(H,19,20). The second kappa shape index (κ2) is 6.01. The van der Waals surface area contributed by atoms with E-state index in [1.54, 1.807) is 24.3 Å². The Morgan fingerprint density at radius 2 is 1.78 bits per heavy atom. The molecule has 0 spiro atoms. The summed E-state index contributed by atoms with van der Waals surface area (Å²) in [5, 5.41) is 9.77. The summed E-state index contributed by atoms with van der Waals surface area (Å²) in [5.41, 5.74) is 1.62. The third-order valence-corrected chi connectivity index (χ3v) is 6.42. The molecule has 1 heterocycles. The van der Waals surface area contributed by atoms with E-state index in [4.69, 9.17) is 4.52 Å². The summed E-state index contributed by atoms with van der Waals surface area (Å²) in [7, 11) is -3.42. The van der Waals surface area contributed by atoms with Crippen LogP contribution in [0.4, 0.5) is 0 Å². The van der Waals surface area contributed by atoms with Crippen molar-refractivity contribution in [2.75, 3.05) is 6.16 Å². The third-order valence-electron chi connectivity index (χ3n) is 3.88. The number of aldehydes is 1. The number of hydrogen-bond acceptors (Lipinski definition) is 4. The number of hydrogen-bond donors (Lipinski definition) is 1. The fraction of sp³-hybridized carbons (Fsp3) is 0.176. The second-order valence-electron chi connectivity index (χ2n) is 5.40. The smallest absolute Gasteiger partial charge is 0.307 e. The molecule has 6 heteroatoms. The number of carbonyl (C=O) groups is 2. The van der Waals surface area contributed by atoms with Crippen LogP contribution < -0.4 is 9.83 Å². The van der Waals surface area contributed by atoms with Crippen molar-refractivity contribution in [1.29, 1.82) is 0 Å². The van der Waals surface area contributed by atoms with Gasteiger partial charge in [0.2, 0.25) is 0 Å². The van der Waals surface area contributed by atoms with E-state index in [1.165, 1.54) is 0 Å². The van der Waals surface area contributed by atoms with E-state index < -0.39 is 19.3 Å². The Morgan fingerprint density at radius 1 is 1.13 bits per heavy atom. The first-order valence-corrected chi connectivity index (χ1v) is 9.00. The fourth-order valence-electron chi connectivity index (χ4n) is 2.77. The number of carbonyl (C=O) groups excluding carboxylic acids is 1. The molecule has 0 radical (unpaired) electrons. The van der Waals surface area contributed by atoms with Crippen LogP contribution in [0.1, 0.15) is 6.42 Å². The molecule has 0 amide bonds. The predicted octanol–water partition coefficient (Wildman–Crippen LogP) is 2.94. The van der Waals surface area contributed by atoms with Crippen molar-refractivity contribution in [3.63, 3.8) is 0 Å². The first-order chi connectivity index (χ1) is 11.0. The lowest BCUT2D eigenvalue weighted by molar-refractivity contribution is -0.142. The molecule has 3 rings (SSSR count). The molecule has 2 atom stereocenters. The van der Waals surface area contributed by atoms with Crippen molar-refractivity contribution < 1.29 is 23.8 Å². The number of rotatable bonds is 5. The third kappa shape index (κ3) is 2.80. The minimum absolute atomic E-state index is 0.188. The summed E-state index contributed by atoms with van der Waals surface area (Å²) in [6.45, 7) is 0. The molecule has 118 valence electrons. The Bertz CT molecular complexity index is 814. The zero-order valence-electron chi connectivity index (χ0n) is 12.2. The SMILES string of the molecule is O=CCC(CP1(=O)Oc2ccccc2-c2ccccc21)C(=O)O. The lowest BCUT2D eigenvalue weighted by Crippen LogP contribution is -2.26. The van der Waals surface area contributed by atoms with Crippen LogP contribution in [-0.4, -0.2) is 23.5 Å². The van der Waals surface area contributed by atoms with Gasteiger partial charge >= 0.3 is 5.97 Å². The van der Waals surface area contributed by atoms with Gasteiger partial charge in [0, 0.05) is 12.0 Å². The Kier molecular flexibility index (Phi) is 4.05. The molecule has 1 aliphatic rings. The van der Waals surface area contributed by atoms with E-state index in [-0.39, 0.29) is 12.6 Å². The van der Waals surface area contributed by atoms with E-state index in [0.717, 1.165) is 11.1 Å². The molecule has 0 saturated carbocycles. The van der Waals surface area contributed by atoms with Crippen LogP contribution in [0.15, 0.2) is 48.5 Å². The maximum atomic E-state index is 13.4. The summed E-state index contributed by atoms with van der Waals surface area (Å²) in [4.78, 5) is 22.0. The zero-order valence-corrected chi connectivity index (χ0v) is 13.1. The molecule has 23 heavy (non-hydrogen) atoms. The van der Waals surface area contributed by atoms with Crippen LogP contribution in [0.5, 0.6) is 5.75 Å². The second-order valence-corrected chi connectivity index (χ2v) is 7.77. The maximum Gasteiger partial charge on any atom is 0.307 e. The molecule has 0 bridgehead atoms. The van der Waals surface area contributed by atoms with Gasteiger partial charge in [-0.05, 0) is 17.7 Å². The van der Waals surface area contributed by atoms with Crippen LogP contribution in [0, 0.1) is 5.92 Å². The average Bonchev–Trinajstić information content (AvgIpc) is 2.55. The van der Waals surface area contributed by atoms with Crippen molar-refractivity contribution in [2.45, 2.75) is 6.42 Å². The van der Waals surface area contributed by atoms with Gasteiger partial charge in [-0.1, -0.05) is 36.4 Å². The maximum absolute atomic E-state index is 13.4. The van der Waals surface area contributed by atoms with E-state index in [2.05, 4.69) is 0 Å². The monoisotopic (exact) mass is 330 g/mol. The number of fused-ring (bicyclic) bond motifs is 3. The van der Waals surface area contributed by atoms with Crippen molar-refractivity contribution in [3.05, 3.63) is 48.5 Å². The highest BCUT2D eigenvalue weighted by Crippen LogP contribution is 2.55. The normalized spacial score (nSPS) is 19.8. The predicted molar refractivity (Wildman–Crippen MR) is 86.4 cm³/mol. The quantitative estimate of drug-likeness (QED) is 0.673. The Morgan fingerprint density at radius 3 is 2.48 bits per heavy atom. The highest BCUT2D eigenvalue weighted by molar-refractivity contribution is 7.67. The fourth-order valence-corrected chi connectivity index (χ4v) is 5.38. The topological polar surface area (TPSA) is 80.7 Å². The first-order valence-electron chi connectivity index (χ1n) is 7.19. The minimum atomic E-state index is -3.42. The van der Waals surface area contributed by atoms with Gasteiger partial charge < -0.3 is 14.4 Å². The molecule has 0 saturated heterocycles. The Balaban J connectivity index is 2.09. The van der Waals surface area contributed by atoms with Gasteiger partial charge in [-0.2, -0.15) is 0 Å². The molecular formula is C17H15O5P. The number of benzene rings is 2. The summed E-state index contributed by atoms with van der Waals surface area (Å²) >= 11 is 0. The molecule has 2 unspecified atom stereocenters.